The third-order valence-electron chi connectivity index (χ3n) is 2.65. The summed E-state index contributed by atoms with van der Waals surface area (Å²) in [5.74, 6) is 0.946. The molecule has 0 atom stereocenters. The molecule has 0 aromatic heterocycles. The summed E-state index contributed by atoms with van der Waals surface area (Å²) in [5, 5.41) is 0.377. The summed E-state index contributed by atoms with van der Waals surface area (Å²) < 4.78 is 21.5. The second-order valence-electron chi connectivity index (χ2n) is 4.06. The molecule has 21 heavy (non-hydrogen) atoms. The SMILES string of the molecule is CCOc1c(Cl)cc(CC(=O)OC)c(OCC)c1OCC. The largest absolute Gasteiger partial charge is 0.490 e. The predicted molar refractivity (Wildman–Crippen MR) is 80.7 cm³/mol. The standard InChI is InChI=1S/C15H21ClO5/c1-5-19-13-10(9-12(17)18-4)8-11(16)14(20-6-2)15(13)21-7-3/h8H,5-7,9H2,1-4H3. The van der Waals surface area contributed by atoms with Gasteiger partial charge in [-0.25, -0.2) is 0 Å². The minimum absolute atomic E-state index is 0.0536. The Balaban J connectivity index is 3.38. The van der Waals surface area contributed by atoms with E-state index in [-0.39, 0.29) is 12.4 Å². The Labute approximate surface area is 130 Å². The molecule has 0 N–H and O–H groups in total. The van der Waals surface area contributed by atoms with Crippen LogP contribution in [0.15, 0.2) is 6.07 Å². The molecule has 5 nitrogen and oxygen atoms in total. The van der Waals surface area contributed by atoms with Gasteiger partial charge in [-0.05, 0) is 26.8 Å². The van der Waals surface area contributed by atoms with Gasteiger partial charge in [0.15, 0.2) is 11.5 Å². The van der Waals surface area contributed by atoms with Crippen molar-refractivity contribution in [3.63, 3.8) is 0 Å². The average Bonchev–Trinajstić information content (AvgIpc) is 2.46. The van der Waals surface area contributed by atoms with E-state index in [1.54, 1.807) is 6.07 Å². The molecule has 1 aromatic carbocycles. The van der Waals surface area contributed by atoms with Crippen LogP contribution in [0, 0.1) is 0 Å². The number of carbonyl (C=O) groups is 1. The molecule has 1 rings (SSSR count). The summed E-state index contributed by atoms with van der Waals surface area (Å²) in [6, 6.07) is 1.65. The molecule has 0 aliphatic rings. The van der Waals surface area contributed by atoms with E-state index in [1.807, 2.05) is 20.8 Å². The molecule has 0 saturated carbocycles. The second-order valence-corrected chi connectivity index (χ2v) is 4.46. The Morgan fingerprint density at radius 1 is 1.00 bits per heavy atom. The van der Waals surface area contributed by atoms with Crippen molar-refractivity contribution in [3.8, 4) is 17.2 Å². The maximum absolute atomic E-state index is 11.5. The minimum atomic E-state index is -0.376. The quantitative estimate of drug-likeness (QED) is 0.689. The fourth-order valence-corrected chi connectivity index (χ4v) is 2.13. The summed E-state index contributed by atoms with van der Waals surface area (Å²) in [6.45, 7) is 6.87. The third kappa shape index (κ3) is 4.43. The van der Waals surface area contributed by atoms with Crippen molar-refractivity contribution in [2.75, 3.05) is 26.9 Å². The maximum atomic E-state index is 11.5. The van der Waals surface area contributed by atoms with Crippen molar-refractivity contribution in [1.29, 1.82) is 0 Å². The Morgan fingerprint density at radius 2 is 1.52 bits per heavy atom. The van der Waals surface area contributed by atoms with Crippen molar-refractivity contribution in [2.24, 2.45) is 0 Å². The highest BCUT2D eigenvalue weighted by Crippen LogP contribution is 2.45. The van der Waals surface area contributed by atoms with E-state index in [2.05, 4.69) is 0 Å². The van der Waals surface area contributed by atoms with Crippen LogP contribution in [0.5, 0.6) is 17.2 Å². The molecule has 0 saturated heterocycles. The van der Waals surface area contributed by atoms with Gasteiger partial charge >= 0.3 is 5.97 Å². The molecule has 0 unspecified atom stereocenters. The van der Waals surface area contributed by atoms with Crippen LogP contribution in [-0.4, -0.2) is 32.9 Å². The van der Waals surface area contributed by atoms with Crippen LogP contribution >= 0.6 is 11.6 Å². The van der Waals surface area contributed by atoms with Gasteiger partial charge in [0.2, 0.25) is 5.75 Å². The summed E-state index contributed by atoms with van der Waals surface area (Å²) in [4.78, 5) is 11.5. The number of hydrogen-bond donors (Lipinski definition) is 0. The molecule has 0 aliphatic heterocycles. The van der Waals surface area contributed by atoms with E-state index in [1.165, 1.54) is 7.11 Å². The number of benzene rings is 1. The number of ether oxygens (including phenoxy) is 4. The van der Waals surface area contributed by atoms with E-state index in [0.717, 1.165) is 0 Å². The number of hydrogen-bond acceptors (Lipinski definition) is 5. The Hall–Kier alpha value is -1.62. The molecule has 0 radical (unpaired) electrons. The van der Waals surface area contributed by atoms with Gasteiger partial charge in [-0.15, -0.1) is 0 Å². The average molecular weight is 317 g/mol. The first-order chi connectivity index (χ1) is 10.1. The highest BCUT2D eigenvalue weighted by Gasteiger charge is 2.22. The lowest BCUT2D eigenvalue weighted by Gasteiger charge is -2.19. The van der Waals surface area contributed by atoms with Crippen molar-refractivity contribution in [2.45, 2.75) is 27.2 Å². The Morgan fingerprint density at radius 3 is 2.05 bits per heavy atom. The van der Waals surface area contributed by atoms with Crippen molar-refractivity contribution in [3.05, 3.63) is 16.7 Å². The van der Waals surface area contributed by atoms with Gasteiger partial charge in [-0.1, -0.05) is 11.6 Å². The van der Waals surface area contributed by atoms with Crippen LogP contribution in [-0.2, 0) is 16.0 Å². The highest BCUT2D eigenvalue weighted by molar-refractivity contribution is 6.32. The first-order valence-electron chi connectivity index (χ1n) is 6.89. The second kappa shape index (κ2) is 8.62. The van der Waals surface area contributed by atoms with Gasteiger partial charge in [0.05, 0.1) is 38.4 Å². The van der Waals surface area contributed by atoms with Gasteiger partial charge in [0, 0.05) is 5.56 Å². The summed E-state index contributed by atoms with van der Waals surface area (Å²) in [6.07, 6.45) is 0.0536. The fourth-order valence-electron chi connectivity index (χ4n) is 1.86. The monoisotopic (exact) mass is 316 g/mol. The first-order valence-corrected chi connectivity index (χ1v) is 7.27. The molecular weight excluding hydrogens is 296 g/mol. The van der Waals surface area contributed by atoms with Crippen LogP contribution in [0.2, 0.25) is 5.02 Å². The molecule has 118 valence electrons. The summed E-state index contributed by atoms with van der Waals surface area (Å²) in [5.41, 5.74) is 0.612. The van der Waals surface area contributed by atoms with E-state index in [9.17, 15) is 4.79 Å². The predicted octanol–water partition coefficient (Wildman–Crippen LogP) is 3.25. The molecule has 0 fully saturated rings. The number of carbonyl (C=O) groups excluding carboxylic acids is 1. The highest BCUT2D eigenvalue weighted by atomic mass is 35.5. The molecule has 0 aliphatic carbocycles. The van der Waals surface area contributed by atoms with Crippen LogP contribution in [0.3, 0.4) is 0 Å². The topological polar surface area (TPSA) is 54.0 Å². The smallest absolute Gasteiger partial charge is 0.310 e. The fraction of sp³-hybridized carbons (Fsp3) is 0.533. The molecule has 0 bridgehead atoms. The maximum Gasteiger partial charge on any atom is 0.310 e. The van der Waals surface area contributed by atoms with Gasteiger partial charge in [0.25, 0.3) is 0 Å². The molecule has 6 heteroatoms. The lowest BCUT2D eigenvalue weighted by Crippen LogP contribution is -2.10. The molecular formula is C15H21ClO5. The Kier molecular flexibility index (Phi) is 7.15. The van der Waals surface area contributed by atoms with E-state index in [0.29, 0.717) is 47.7 Å². The number of esters is 1. The number of halogens is 1. The van der Waals surface area contributed by atoms with Gasteiger partial charge in [-0.2, -0.15) is 0 Å². The molecule has 0 amide bonds. The van der Waals surface area contributed by atoms with Crippen LogP contribution < -0.4 is 14.2 Å². The zero-order valence-corrected chi connectivity index (χ0v) is 13.6. The zero-order chi connectivity index (χ0) is 15.8. The van der Waals surface area contributed by atoms with Crippen LogP contribution in [0.25, 0.3) is 0 Å². The van der Waals surface area contributed by atoms with Crippen molar-refractivity contribution in [1.82, 2.24) is 0 Å². The van der Waals surface area contributed by atoms with Gasteiger partial charge < -0.3 is 18.9 Å². The normalized spacial score (nSPS) is 10.1. The lowest BCUT2D eigenvalue weighted by molar-refractivity contribution is -0.139. The number of methoxy groups -OCH3 is 1. The van der Waals surface area contributed by atoms with E-state index in [4.69, 9.17) is 30.5 Å². The summed E-state index contributed by atoms with van der Waals surface area (Å²) in [7, 11) is 1.34. The molecule has 0 heterocycles. The van der Waals surface area contributed by atoms with Crippen molar-refractivity contribution < 1.29 is 23.7 Å². The van der Waals surface area contributed by atoms with E-state index < -0.39 is 0 Å². The van der Waals surface area contributed by atoms with Gasteiger partial charge in [-0.3, -0.25) is 4.79 Å². The zero-order valence-electron chi connectivity index (χ0n) is 12.8. The minimum Gasteiger partial charge on any atom is -0.490 e. The third-order valence-corrected chi connectivity index (χ3v) is 2.93. The van der Waals surface area contributed by atoms with Crippen molar-refractivity contribution >= 4 is 17.6 Å². The van der Waals surface area contributed by atoms with Gasteiger partial charge in [0.1, 0.15) is 0 Å². The van der Waals surface area contributed by atoms with E-state index >= 15 is 0 Å². The summed E-state index contributed by atoms with van der Waals surface area (Å²) >= 11 is 6.24. The van der Waals surface area contributed by atoms with Crippen LogP contribution in [0.4, 0.5) is 0 Å². The Bertz CT molecular complexity index is 487. The van der Waals surface area contributed by atoms with Crippen LogP contribution in [0.1, 0.15) is 26.3 Å². The lowest BCUT2D eigenvalue weighted by atomic mass is 10.1. The molecule has 0 spiro atoms. The number of rotatable bonds is 8. The first kappa shape index (κ1) is 17.4. The molecule has 1 aromatic rings.